The molecular weight excluding hydrogens is 338 g/mol. The normalized spacial score (nSPS) is 10.7. The quantitative estimate of drug-likeness (QED) is 0.356. The van der Waals surface area contributed by atoms with Crippen LogP contribution in [0.25, 0.3) is 21.6 Å². The Balaban J connectivity index is 1.86. The first-order chi connectivity index (χ1) is 12.1. The first kappa shape index (κ1) is 17.4. The van der Waals surface area contributed by atoms with Crippen molar-refractivity contribution in [3.05, 3.63) is 77.7 Å². The summed E-state index contributed by atoms with van der Waals surface area (Å²) in [5.74, 6) is -1.93. The van der Waals surface area contributed by atoms with E-state index in [1.54, 1.807) is 35.6 Å². The molecular formula is C21H18F2OS. The van der Waals surface area contributed by atoms with E-state index in [4.69, 9.17) is 4.74 Å². The third-order valence-corrected chi connectivity index (χ3v) is 4.90. The molecule has 0 aliphatic rings. The van der Waals surface area contributed by atoms with Crippen LogP contribution in [0.3, 0.4) is 0 Å². The number of thiophene rings is 1. The first-order valence-electron chi connectivity index (χ1n) is 7.99. The molecule has 3 rings (SSSR count). The van der Waals surface area contributed by atoms with Crippen LogP contribution in [-0.4, -0.2) is 6.61 Å². The van der Waals surface area contributed by atoms with E-state index in [2.05, 4.69) is 25.6 Å². The van der Waals surface area contributed by atoms with Gasteiger partial charge in [0.05, 0.1) is 6.61 Å². The summed E-state index contributed by atoms with van der Waals surface area (Å²) in [5.41, 5.74) is 1.92. The van der Waals surface area contributed by atoms with Crippen LogP contribution in [0.15, 0.2) is 61.2 Å². The van der Waals surface area contributed by atoms with Crippen LogP contribution in [0.5, 0.6) is 5.75 Å². The summed E-state index contributed by atoms with van der Waals surface area (Å²) in [5, 5.41) is 0. The molecule has 0 saturated heterocycles. The number of ether oxygens (including phenoxy) is 1. The molecule has 1 nitrogen and oxygen atoms in total. The molecule has 0 atom stereocenters. The fourth-order valence-electron chi connectivity index (χ4n) is 2.52. The molecule has 0 unspecified atom stereocenters. The Morgan fingerprint density at radius 3 is 2.32 bits per heavy atom. The molecule has 1 aromatic heterocycles. The number of rotatable bonds is 6. The summed E-state index contributed by atoms with van der Waals surface area (Å²) in [6, 6.07) is 14.6. The highest BCUT2D eigenvalue weighted by Gasteiger charge is 2.16. The molecule has 2 aromatic carbocycles. The lowest BCUT2D eigenvalue weighted by atomic mass is 10.0. The second kappa shape index (κ2) is 7.62. The van der Waals surface area contributed by atoms with Gasteiger partial charge in [0.25, 0.3) is 0 Å². The highest BCUT2D eigenvalue weighted by Crippen LogP contribution is 2.33. The Kier molecular flexibility index (Phi) is 5.29. The highest BCUT2D eigenvalue weighted by molar-refractivity contribution is 7.15. The summed E-state index contributed by atoms with van der Waals surface area (Å²) in [4.78, 5) is 2.39. The van der Waals surface area contributed by atoms with Crippen molar-refractivity contribution < 1.29 is 13.5 Å². The second-order valence-electron chi connectivity index (χ2n) is 5.65. The van der Waals surface area contributed by atoms with Gasteiger partial charge in [0.15, 0.2) is 11.6 Å². The Morgan fingerprint density at radius 2 is 1.68 bits per heavy atom. The summed E-state index contributed by atoms with van der Waals surface area (Å²) >= 11 is 1.70. The molecule has 0 aliphatic heterocycles. The van der Waals surface area contributed by atoms with Gasteiger partial charge in [0.1, 0.15) is 0 Å². The maximum atomic E-state index is 14.4. The SMILES string of the molecule is C=CCCOc1ccc(-c2ccc(-c3ccc(C)s3)cc2)c(F)c1F. The second-order valence-corrected chi connectivity index (χ2v) is 6.94. The minimum absolute atomic E-state index is 0.0752. The van der Waals surface area contributed by atoms with Crippen LogP contribution < -0.4 is 4.74 Å². The van der Waals surface area contributed by atoms with Gasteiger partial charge in [-0.15, -0.1) is 17.9 Å². The topological polar surface area (TPSA) is 9.23 Å². The fraction of sp³-hybridized carbons (Fsp3) is 0.143. The van der Waals surface area contributed by atoms with E-state index in [1.165, 1.54) is 10.9 Å². The lowest BCUT2D eigenvalue weighted by molar-refractivity contribution is 0.302. The fourth-order valence-corrected chi connectivity index (χ4v) is 3.40. The lowest BCUT2D eigenvalue weighted by Crippen LogP contribution is -2.00. The minimum atomic E-state index is -0.959. The van der Waals surface area contributed by atoms with Gasteiger partial charge in [0, 0.05) is 15.3 Å². The van der Waals surface area contributed by atoms with E-state index in [0.29, 0.717) is 12.0 Å². The number of hydrogen-bond acceptors (Lipinski definition) is 2. The summed E-state index contributed by atoms with van der Waals surface area (Å²) in [6.07, 6.45) is 2.24. The molecule has 1 heterocycles. The van der Waals surface area contributed by atoms with Crippen LogP contribution in [-0.2, 0) is 0 Å². The Hall–Kier alpha value is -2.46. The van der Waals surface area contributed by atoms with Crippen molar-refractivity contribution in [2.75, 3.05) is 6.61 Å². The summed E-state index contributed by atoms with van der Waals surface area (Å²) in [6.45, 7) is 5.90. The van der Waals surface area contributed by atoms with Crippen molar-refractivity contribution in [3.8, 4) is 27.3 Å². The predicted octanol–water partition coefficient (Wildman–Crippen LogP) is 6.62. The van der Waals surface area contributed by atoms with Gasteiger partial charge in [-0.2, -0.15) is 4.39 Å². The van der Waals surface area contributed by atoms with Crippen LogP contribution in [0.1, 0.15) is 11.3 Å². The molecule has 25 heavy (non-hydrogen) atoms. The molecule has 0 spiro atoms. The van der Waals surface area contributed by atoms with E-state index in [-0.39, 0.29) is 17.9 Å². The molecule has 0 N–H and O–H groups in total. The monoisotopic (exact) mass is 356 g/mol. The maximum absolute atomic E-state index is 14.4. The van der Waals surface area contributed by atoms with Crippen molar-refractivity contribution in [1.82, 2.24) is 0 Å². The van der Waals surface area contributed by atoms with Gasteiger partial charge in [-0.1, -0.05) is 30.3 Å². The van der Waals surface area contributed by atoms with Gasteiger partial charge in [-0.05, 0) is 48.7 Å². The Bertz CT molecular complexity index is 881. The number of halogens is 2. The largest absolute Gasteiger partial charge is 0.490 e. The van der Waals surface area contributed by atoms with E-state index >= 15 is 0 Å². The Labute approximate surface area is 150 Å². The van der Waals surface area contributed by atoms with Gasteiger partial charge in [-0.25, -0.2) is 4.39 Å². The molecule has 128 valence electrons. The highest BCUT2D eigenvalue weighted by atomic mass is 32.1. The number of benzene rings is 2. The molecule has 3 aromatic rings. The van der Waals surface area contributed by atoms with Crippen LogP contribution in [0, 0.1) is 18.6 Å². The molecule has 4 heteroatoms. The lowest BCUT2D eigenvalue weighted by Gasteiger charge is -2.10. The predicted molar refractivity (Wildman–Crippen MR) is 100 cm³/mol. The average molecular weight is 356 g/mol. The molecule has 0 aliphatic carbocycles. The third kappa shape index (κ3) is 3.80. The molecule has 0 saturated carbocycles. The van der Waals surface area contributed by atoms with E-state index in [1.807, 2.05) is 12.1 Å². The standard InChI is InChI=1S/C21H18F2OS/c1-3-4-13-24-18-11-10-17(20(22)21(18)23)15-6-8-16(9-7-15)19-12-5-14(2)25-19/h3,5-12H,1,4,13H2,2H3. The average Bonchev–Trinajstić information content (AvgIpc) is 3.06. The van der Waals surface area contributed by atoms with Gasteiger partial charge < -0.3 is 4.74 Å². The van der Waals surface area contributed by atoms with Crippen LogP contribution >= 0.6 is 11.3 Å². The molecule has 0 amide bonds. The van der Waals surface area contributed by atoms with Crippen LogP contribution in [0.4, 0.5) is 8.78 Å². The van der Waals surface area contributed by atoms with Gasteiger partial charge in [-0.3, -0.25) is 0 Å². The van der Waals surface area contributed by atoms with Gasteiger partial charge in [0.2, 0.25) is 5.82 Å². The zero-order chi connectivity index (χ0) is 17.8. The Morgan fingerprint density at radius 1 is 0.960 bits per heavy atom. The smallest absolute Gasteiger partial charge is 0.201 e. The first-order valence-corrected chi connectivity index (χ1v) is 8.80. The summed E-state index contributed by atoms with van der Waals surface area (Å²) in [7, 11) is 0. The minimum Gasteiger partial charge on any atom is -0.490 e. The van der Waals surface area contributed by atoms with E-state index < -0.39 is 11.6 Å². The van der Waals surface area contributed by atoms with E-state index in [0.717, 1.165) is 10.4 Å². The van der Waals surface area contributed by atoms with Gasteiger partial charge >= 0.3 is 0 Å². The van der Waals surface area contributed by atoms with Crippen molar-refractivity contribution in [1.29, 1.82) is 0 Å². The maximum Gasteiger partial charge on any atom is 0.201 e. The zero-order valence-corrected chi connectivity index (χ0v) is 14.7. The van der Waals surface area contributed by atoms with Crippen molar-refractivity contribution >= 4 is 11.3 Å². The van der Waals surface area contributed by atoms with Crippen LogP contribution in [0.2, 0.25) is 0 Å². The number of aryl methyl sites for hydroxylation is 1. The van der Waals surface area contributed by atoms with Crippen molar-refractivity contribution in [2.24, 2.45) is 0 Å². The molecule has 0 bridgehead atoms. The summed E-state index contributed by atoms with van der Waals surface area (Å²) < 4.78 is 33.9. The zero-order valence-electron chi connectivity index (χ0n) is 13.9. The molecule has 0 fully saturated rings. The third-order valence-electron chi connectivity index (χ3n) is 3.85. The number of hydrogen-bond donors (Lipinski definition) is 0. The van der Waals surface area contributed by atoms with Crippen molar-refractivity contribution in [2.45, 2.75) is 13.3 Å². The van der Waals surface area contributed by atoms with Crippen molar-refractivity contribution in [3.63, 3.8) is 0 Å². The van der Waals surface area contributed by atoms with E-state index in [9.17, 15) is 8.78 Å². The molecule has 0 radical (unpaired) electrons.